The number of allylic oxidation sites excluding steroid dienone is 2. The molecule has 1 aliphatic rings. The first kappa shape index (κ1) is 8.51. The van der Waals surface area contributed by atoms with Crippen LogP contribution in [0.15, 0.2) is 11.6 Å². The number of rotatable bonds is 2. The van der Waals surface area contributed by atoms with Crippen LogP contribution in [-0.2, 0) is 4.79 Å². The number of aldehydes is 1. The van der Waals surface area contributed by atoms with E-state index in [2.05, 4.69) is 13.0 Å². The molecule has 62 valence electrons. The Morgan fingerprint density at radius 1 is 1.64 bits per heavy atom. The summed E-state index contributed by atoms with van der Waals surface area (Å²) in [6, 6.07) is 0. The van der Waals surface area contributed by atoms with Gasteiger partial charge in [-0.05, 0) is 25.7 Å². The molecule has 1 rings (SSSR count). The number of carbonyl (C=O) groups is 1. The average Bonchev–Trinajstić information content (AvgIpc) is 2.36. The second-order valence-corrected chi connectivity index (χ2v) is 4.13. The molecule has 0 bridgehead atoms. The molecule has 0 aliphatic heterocycles. The molecule has 1 atom stereocenters. The summed E-state index contributed by atoms with van der Waals surface area (Å²) in [4.78, 5) is 10.7. The fourth-order valence-electron chi connectivity index (χ4n) is 1.56. The van der Waals surface area contributed by atoms with Crippen molar-refractivity contribution in [1.29, 1.82) is 0 Å². The van der Waals surface area contributed by atoms with E-state index in [9.17, 15) is 4.79 Å². The van der Waals surface area contributed by atoms with Crippen molar-refractivity contribution in [3.8, 4) is 0 Å². The Hall–Kier alpha value is -0.590. The monoisotopic (exact) mass is 152 g/mol. The molecule has 0 aromatic rings. The molecule has 0 fully saturated rings. The maximum atomic E-state index is 10.7. The van der Waals surface area contributed by atoms with E-state index in [-0.39, 0.29) is 5.41 Å². The van der Waals surface area contributed by atoms with E-state index in [1.165, 1.54) is 5.57 Å². The van der Waals surface area contributed by atoms with Gasteiger partial charge in [0.05, 0.1) is 0 Å². The maximum Gasteiger partial charge on any atom is 0.125 e. The zero-order valence-corrected chi connectivity index (χ0v) is 7.55. The average molecular weight is 152 g/mol. The molecule has 1 nitrogen and oxygen atoms in total. The molecule has 1 aliphatic carbocycles. The highest BCUT2D eigenvalue weighted by atomic mass is 16.1. The van der Waals surface area contributed by atoms with Gasteiger partial charge in [-0.15, -0.1) is 0 Å². The Bertz CT molecular complexity index is 189. The third kappa shape index (κ3) is 1.70. The molecule has 1 unspecified atom stereocenters. The largest absolute Gasteiger partial charge is 0.303 e. The van der Waals surface area contributed by atoms with Crippen molar-refractivity contribution in [2.45, 2.75) is 33.6 Å². The van der Waals surface area contributed by atoms with Gasteiger partial charge in [0.1, 0.15) is 6.29 Å². The summed E-state index contributed by atoms with van der Waals surface area (Å²) in [5.41, 5.74) is 1.30. The Balaban J connectivity index is 2.59. The fourth-order valence-corrected chi connectivity index (χ4v) is 1.56. The quantitative estimate of drug-likeness (QED) is 0.439. The third-order valence-corrected chi connectivity index (χ3v) is 2.68. The zero-order chi connectivity index (χ0) is 8.48. The predicted molar refractivity (Wildman–Crippen MR) is 46.3 cm³/mol. The lowest BCUT2D eigenvalue weighted by atomic mass is 9.78. The first-order valence-corrected chi connectivity index (χ1v) is 4.18. The summed E-state index contributed by atoms with van der Waals surface area (Å²) < 4.78 is 0. The Kier molecular flexibility index (Phi) is 2.17. The van der Waals surface area contributed by atoms with E-state index in [1.54, 1.807) is 0 Å². The van der Waals surface area contributed by atoms with Crippen LogP contribution >= 0.6 is 0 Å². The maximum absolute atomic E-state index is 10.7. The molecule has 0 saturated heterocycles. The number of hydrogen-bond acceptors (Lipinski definition) is 1. The lowest BCUT2D eigenvalue weighted by Gasteiger charge is -2.24. The fraction of sp³-hybridized carbons (Fsp3) is 0.700. The molecule has 0 N–H and O–H groups in total. The van der Waals surface area contributed by atoms with Gasteiger partial charge in [-0.2, -0.15) is 0 Å². The van der Waals surface area contributed by atoms with Crippen molar-refractivity contribution in [3.63, 3.8) is 0 Å². The molecule has 0 spiro atoms. The SMILES string of the molecule is CC1=CCC(C(C)(C)C=O)C1. The van der Waals surface area contributed by atoms with E-state index in [1.807, 2.05) is 13.8 Å². The van der Waals surface area contributed by atoms with Gasteiger partial charge < -0.3 is 4.79 Å². The van der Waals surface area contributed by atoms with E-state index in [0.29, 0.717) is 5.92 Å². The van der Waals surface area contributed by atoms with E-state index < -0.39 is 0 Å². The highest BCUT2D eigenvalue weighted by molar-refractivity contribution is 5.58. The van der Waals surface area contributed by atoms with Gasteiger partial charge in [0.2, 0.25) is 0 Å². The molecule has 0 radical (unpaired) electrons. The van der Waals surface area contributed by atoms with Crippen LogP contribution in [0.3, 0.4) is 0 Å². The van der Waals surface area contributed by atoms with Gasteiger partial charge in [0.25, 0.3) is 0 Å². The first-order valence-electron chi connectivity index (χ1n) is 4.18. The number of hydrogen-bond donors (Lipinski definition) is 0. The molecule has 0 aromatic carbocycles. The minimum atomic E-state index is -0.131. The van der Waals surface area contributed by atoms with Crippen molar-refractivity contribution in [2.24, 2.45) is 11.3 Å². The van der Waals surface area contributed by atoms with Gasteiger partial charge in [0.15, 0.2) is 0 Å². The summed E-state index contributed by atoms with van der Waals surface area (Å²) >= 11 is 0. The molecular formula is C10H16O. The normalized spacial score (nSPS) is 25.0. The van der Waals surface area contributed by atoms with E-state index in [0.717, 1.165) is 19.1 Å². The predicted octanol–water partition coefficient (Wildman–Crippen LogP) is 2.57. The molecule has 0 saturated carbocycles. The third-order valence-electron chi connectivity index (χ3n) is 2.68. The minimum absolute atomic E-state index is 0.131. The van der Waals surface area contributed by atoms with Crippen LogP contribution in [0.1, 0.15) is 33.6 Å². The molecular weight excluding hydrogens is 136 g/mol. The summed E-state index contributed by atoms with van der Waals surface area (Å²) in [7, 11) is 0. The molecule has 0 amide bonds. The number of carbonyl (C=O) groups excluding carboxylic acids is 1. The van der Waals surface area contributed by atoms with Gasteiger partial charge in [-0.3, -0.25) is 0 Å². The highest BCUT2D eigenvalue weighted by Crippen LogP contribution is 2.37. The van der Waals surface area contributed by atoms with Crippen LogP contribution in [0.4, 0.5) is 0 Å². The van der Waals surface area contributed by atoms with Gasteiger partial charge in [-0.1, -0.05) is 25.5 Å². The van der Waals surface area contributed by atoms with Crippen molar-refractivity contribution < 1.29 is 4.79 Å². The summed E-state index contributed by atoms with van der Waals surface area (Å²) in [5.74, 6) is 0.542. The topological polar surface area (TPSA) is 17.1 Å². The molecule has 11 heavy (non-hydrogen) atoms. The molecule has 1 heteroatoms. The Morgan fingerprint density at radius 2 is 2.27 bits per heavy atom. The summed E-state index contributed by atoms with van der Waals surface area (Å²) in [6.45, 7) is 6.19. The highest BCUT2D eigenvalue weighted by Gasteiger charge is 2.30. The van der Waals surface area contributed by atoms with Crippen LogP contribution in [0, 0.1) is 11.3 Å². The first-order chi connectivity index (χ1) is 5.06. The molecule has 0 heterocycles. The lowest BCUT2D eigenvalue weighted by Crippen LogP contribution is -2.23. The second-order valence-electron chi connectivity index (χ2n) is 4.13. The van der Waals surface area contributed by atoms with Crippen LogP contribution in [-0.4, -0.2) is 6.29 Å². The van der Waals surface area contributed by atoms with Crippen LogP contribution in [0.25, 0.3) is 0 Å². The van der Waals surface area contributed by atoms with E-state index in [4.69, 9.17) is 0 Å². The van der Waals surface area contributed by atoms with Crippen molar-refractivity contribution >= 4 is 6.29 Å². The Morgan fingerprint density at radius 3 is 2.64 bits per heavy atom. The Labute approximate surface area is 68.5 Å². The smallest absolute Gasteiger partial charge is 0.125 e. The zero-order valence-electron chi connectivity index (χ0n) is 7.55. The lowest BCUT2D eigenvalue weighted by molar-refractivity contribution is -0.116. The van der Waals surface area contributed by atoms with Crippen LogP contribution in [0.2, 0.25) is 0 Å². The van der Waals surface area contributed by atoms with Crippen LogP contribution in [0.5, 0.6) is 0 Å². The van der Waals surface area contributed by atoms with Gasteiger partial charge in [0, 0.05) is 5.41 Å². The van der Waals surface area contributed by atoms with Crippen molar-refractivity contribution in [3.05, 3.63) is 11.6 Å². The molecule has 0 aromatic heterocycles. The van der Waals surface area contributed by atoms with E-state index >= 15 is 0 Å². The van der Waals surface area contributed by atoms with Crippen LogP contribution < -0.4 is 0 Å². The van der Waals surface area contributed by atoms with Gasteiger partial charge >= 0.3 is 0 Å². The minimum Gasteiger partial charge on any atom is -0.303 e. The second kappa shape index (κ2) is 2.80. The summed E-state index contributed by atoms with van der Waals surface area (Å²) in [6.07, 6.45) is 5.52. The summed E-state index contributed by atoms with van der Waals surface area (Å²) in [5, 5.41) is 0. The standard InChI is InChI=1S/C10H16O/c1-8-4-5-9(6-8)10(2,3)7-11/h4,7,9H,5-6H2,1-3H3. The van der Waals surface area contributed by atoms with Crippen molar-refractivity contribution in [2.75, 3.05) is 0 Å². The van der Waals surface area contributed by atoms with Gasteiger partial charge in [-0.25, -0.2) is 0 Å². The van der Waals surface area contributed by atoms with Crippen molar-refractivity contribution in [1.82, 2.24) is 0 Å².